The molecule has 3 rings (SSSR count). The Labute approximate surface area is 242 Å². The molecule has 0 aromatic carbocycles. The molecule has 0 atom stereocenters. The zero-order valence-electron chi connectivity index (χ0n) is 15.9. The second-order valence-corrected chi connectivity index (χ2v) is 5.67. The number of piperazine rings is 1. The fraction of sp³-hybridized carbons (Fsp3) is 0.600. The summed E-state index contributed by atoms with van der Waals surface area (Å²) in [6.45, 7) is 6.62. The summed E-state index contributed by atoms with van der Waals surface area (Å²) in [6, 6.07) is 1.57. The first-order valence-corrected chi connectivity index (χ1v) is 7.84. The number of esters is 1. The Morgan fingerprint density at radius 3 is 2.30 bits per heavy atom. The number of carbonyl (C=O) groups excluding carboxylic acids is 2. The molecule has 1 aromatic heterocycles. The van der Waals surface area contributed by atoms with Crippen LogP contribution in [-0.4, -0.2) is 80.0 Å². The monoisotopic (exact) mass is 430 g/mol. The molecule has 12 heteroatoms. The van der Waals surface area contributed by atoms with Gasteiger partial charge in [0.05, 0.1) is 20.3 Å². The molecule has 0 saturated carbocycles. The molecule has 2 fully saturated rings. The molecule has 0 radical (unpaired) electrons. The van der Waals surface area contributed by atoms with Crippen molar-refractivity contribution >= 4 is 18.1 Å². The fourth-order valence-electron chi connectivity index (χ4n) is 2.60. The van der Waals surface area contributed by atoms with Crippen molar-refractivity contribution in [2.75, 3.05) is 57.9 Å². The maximum atomic E-state index is 11.5. The predicted octanol–water partition coefficient (Wildman–Crippen LogP) is -8.41. The smallest absolute Gasteiger partial charge is 0.652 e. The molecule has 0 unspecified atom stereocenters. The Morgan fingerprint density at radius 1 is 1.22 bits per heavy atom. The van der Waals surface area contributed by atoms with Gasteiger partial charge in [0, 0.05) is 44.8 Å². The molecule has 0 spiro atoms. The van der Waals surface area contributed by atoms with Gasteiger partial charge in [-0.1, -0.05) is 0 Å². The summed E-state index contributed by atoms with van der Waals surface area (Å²) in [5, 5.41) is 16.7. The molecule has 2 aliphatic rings. The molecule has 0 amide bonds. The number of nitrogens with zero attached hydrogens (tertiary/aromatic N) is 4. The fourth-order valence-corrected chi connectivity index (χ4v) is 2.60. The summed E-state index contributed by atoms with van der Waals surface area (Å²) in [6.07, 6.45) is -0.730. The van der Waals surface area contributed by atoms with Crippen molar-refractivity contribution in [3.63, 3.8) is 0 Å². The van der Waals surface area contributed by atoms with Gasteiger partial charge >= 0.3 is 109 Å². The molecule has 27 heavy (non-hydrogen) atoms. The molecule has 2 aliphatic heterocycles. The van der Waals surface area contributed by atoms with Crippen LogP contribution >= 0.6 is 0 Å². The maximum Gasteiger partial charge on any atom is 1.00 e. The van der Waals surface area contributed by atoms with E-state index in [9.17, 15) is 4.79 Å². The molecule has 0 N–H and O–H groups in total. The number of rotatable bonds is 4. The Bertz CT molecular complexity index is 593. The van der Waals surface area contributed by atoms with Gasteiger partial charge in [0.25, 0.3) is 0 Å². The van der Waals surface area contributed by atoms with Gasteiger partial charge in [-0.2, -0.15) is 0 Å². The molecular weight excluding hydrogens is 410 g/mol. The summed E-state index contributed by atoms with van der Waals surface area (Å²) in [5.41, 5.74) is 0.302. The third-order valence-electron chi connectivity index (χ3n) is 3.92. The van der Waals surface area contributed by atoms with E-state index < -0.39 is 12.1 Å². The molecule has 3 heterocycles. The number of carbonyl (C=O) groups is 2. The van der Waals surface area contributed by atoms with Crippen LogP contribution in [0.15, 0.2) is 12.3 Å². The van der Waals surface area contributed by atoms with Gasteiger partial charge in [-0.3, -0.25) is 4.90 Å². The van der Waals surface area contributed by atoms with Crippen LogP contribution in [0.2, 0.25) is 0 Å². The first-order chi connectivity index (χ1) is 12.0. The van der Waals surface area contributed by atoms with Gasteiger partial charge in [-0.25, -0.2) is 14.8 Å². The van der Waals surface area contributed by atoms with Crippen molar-refractivity contribution in [2.24, 2.45) is 5.92 Å². The molecule has 138 valence electrons. The minimum absolute atomic E-state index is 0. The van der Waals surface area contributed by atoms with E-state index in [4.69, 9.17) is 24.5 Å². The first-order valence-electron chi connectivity index (χ1n) is 7.84. The molecule has 10 nitrogen and oxygen atoms in total. The Hall–Kier alpha value is 0.813. The van der Waals surface area contributed by atoms with E-state index in [1.165, 1.54) is 7.11 Å². The average molecular weight is 431 g/mol. The largest absolute Gasteiger partial charge is 1.00 e. The van der Waals surface area contributed by atoms with Gasteiger partial charge in [0.2, 0.25) is 5.95 Å². The van der Waals surface area contributed by atoms with Crippen molar-refractivity contribution in [3.8, 4) is 0 Å². The zero-order chi connectivity index (χ0) is 18.2. The number of hydrogen-bond donors (Lipinski definition) is 0. The van der Waals surface area contributed by atoms with Crippen molar-refractivity contribution in [1.29, 1.82) is 0 Å². The van der Waals surface area contributed by atoms with E-state index >= 15 is 0 Å². The number of aromatic nitrogens is 2. The Morgan fingerprint density at radius 2 is 1.81 bits per heavy atom. The van der Waals surface area contributed by atoms with Crippen molar-refractivity contribution < 1.29 is 132 Å². The number of carboxylic acid groups (broad SMARTS) is 2. The third kappa shape index (κ3) is 9.91. The minimum atomic E-state index is -2.33. The van der Waals surface area contributed by atoms with E-state index in [1.54, 1.807) is 12.3 Å². The summed E-state index contributed by atoms with van der Waals surface area (Å²) >= 11 is 0. The van der Waals surface area contributed by atoms with E-state index in [1.807, 2.05) is 0 Å². The topological polar surface area (TPSA) is 131 Å². The summed E-state index contributed by atoms with van der Waals surface area (Å²) in [4.78, 5) is 33.0. The van der Waals surface area contributed by atoms with Gasteiger partial charge in [0.1, 0.15) is 0 Å². The summed E-state index contributed by atoms with van der Waals surface area (Å²) in [5.74, 6) is 0.863. The molecule has 2 saturated heterocycles. The predicted molar refractivity (Wildman–Crippen MR) is 81.7 cm³/mol. The van der Waals surface area contributed by atoms with Crippen molar-refractivity contribution in [2.45, 2.75) is 0 Å². The minimum Gasteiger partial charge on any atom is -0.652 e. The number of ether oxygens (including phenoxy) is 2. The summed E-state index contributed by atoms with van der Waals surface area (Å²) < 4.78 is 9.90. The van der Waals surface area contributed by atoms with Crippen molar-refractivity contribution in [3.05, 3.63) is 18.0 Å². The van der Waals surface area contributed by atoms with Gasteiger partial charge in [0.15, 0.2) is 5.69 Å². The van der Waals surface area contributed by atoms with Crippen LogP contribution in [0.4, 0.5) is 10.7 Å². The third-order valence-corrected chi connectivity index (χ3v) is 3.92. The van der Waals surface area contributed by atoms with Crippen LogP contribution in [-0.2, 0) is 9.47 Å². The molecule has 1 aromatic rings. The van der Waals surface area contributed by atoms with E-state index in [0.29, 0.717) is 17.6 Å². The standard InChI is InChI=1S/C14H20N4O3.CH2O3.2K/c1-20-13(19)12-2-3-15-14(16-12)18-6-4-17(5-7-18)8-11-9-21-10-11;2-1(3)4;;/h2-3,11H,4-10H2,1H3;(H2,2,3,4);;/q;;2*+1/p-2. The van der Waals surface area contributed by atoms with Gasteiger partial charge in [-0.15, -0.1) is 0 Å². The van der Waals surface area contributed by atoms with Gasteiger partial charge < -0.3 is 29.4 Å². The van der Waals surface area contributed by atoms with E-state index in [0.717, 1.165) is 45.9 Å². The average Bonchev–Trinajstić information content (AvgIpc) is 2.57. The molecule has 0 aliphatic carbocycles. The van der Waals surface area contributed by atoms with Gasteiger partial charge in [-0.05, 0) is 12.2 Å². The van der Waals surface area contributed by atoms with E-state index in [-0.39, 0.29) is 103 Å². The van der Waals surface area contributed by atoms with Crippen LogP contribution in [0, 0.1) is 5.92 Å². The van der Waals surface area contributed by atoms with Crippen LogP contribution in [0.5, 0.6) is 0 Å². The van der Waals surface area contributed by atoms with Crippen LogP contribution in [0.3, 0.4) is 0 Å². The van der Waals surface area contributed by atoms with Crippen LogP contribution in [0.1, 0.15) is 10.5 Å². The number of methoxy groups -OCH3 is 1. The second-order valence-electron chi connectivity index (χ2n) is 5.67. The normalized spacial score (nSPS) is 16.6. The number of anilines is 1. The maximum absolute atomic E-state index is 11.5. The first kappa shape index (κ1) is 27.8. The van der Waals surface area contributed by atoms with E-state index in [2.05, 4.69) is 19.8 Å². The van der Waals surface area contributed by atoms with Crippen molar-refractivity contribution in [1.82, 2.24) is 14.9 Å². The second kappa shape index (κ2) is 14.7. The summed E-state index contributed by atoms with van der Waals surface area (Å²) in [7, 11) is 1.35. The van der Waals surface area contributed by atoms with Crippen LogP contribution < -0.4 is 118 Å². The quantitative estimate of drug-likeness (QED) is 0.335. The zero-order valence-corrected chi connectivity index (χ0v) is 22.2. The Kier molecular flexibility index (Phi) is 15.2. The SMILES string of the molecule is COC(=O)c1ccnc(N2CCN(CC3COC3)CC2)n1.O=C([O-])[O-].[K+].[K+]. The Balaban J connectivity index is 0.00000103. The molecule has 0 bridgehead atoms. The van der Waals surface area contributed by atoms with Crippen LogP contribution in [0.25, 0.3) is 0 Å². The number of hydrogen-bond acceptors (Lipinski definition) is 10. The molecular formula is C15H20K2N4O6.